The molecule has 2 amide bonds. The van der Waals surface area contributed by atoms with Crippen LogP contribution < -0.4 is 5.73 Å². The van der Waals surface area contributed by atoms with Gasteiger partial charge in [0.05, 0.1) is 6.54 Å². The SMILES string of the molecule is C=CC(=O)OCCN(C=C)C(N)=O. The van der Waals surface area contributed by atoms with Crippen LogP contribution in [0.15, 0.2) is 25.4 Å². The number of carbonyl (C=O) groups is 2. The number of amides is 2. The van der Waals surface area contributed by atoms with Crippen molar-refractivity contribution < 1.29 is 14.3 Å². The van der Waals surface area contributed by atoms with Crippen LogP contribution in [0, 0.1) is 0 Å². The van der Waals surface area contributed by atoms with Crippen LogP contribution in [0.1, 0.15) is 0 Å². The Morgan fingerprint density at radius 3 is 2.46 bits per heavy atom. The van der Waals surface area contributed by atoms with Gasteiger partial charge >= 0.3 is 12.0 Å². The largest absolute Gasteiger partial charge is 0.461 e. The first-order valence-corrected chi connectivity index (χ1v) is 3.59. The predicted molar refractivity (Wildman–Crippen MR) is 47.6 cm³/mol. The van der Waals surface area contributed by atoms with Crippen molar-refractivity contribution in [3.8, 4) is 0 Å². The first kappa shape index (κ1) is 11.2. The zero-order valence-electron chi connectivity index (χ0n) is 7.23. The van der Waals surface area contributed by atoms with Gasteiger partial charge in [-0.1, -0.05) is 13.2 Å². The number of ether oxygens (including phenoxy) is 1. The minimum Gasteiger partial charge on any atom is -0.461 e. The third kappa shape index (κ3) is 4.62. The molecule has 5 heteroatoms. The lowest BCUT2D eigenvalue weighted by molar-refractivity contribution is -0.137. The molecule has 0 bridgehead atoms. The maximum absolute atomic E-state index is 10.6. The van der Waals surface area contributed by atoms with E-state index in [1.54, 1.807) is 0 Å². The maximum atomic E-state index is 10.6. The number of rotatable bonds is 5. The van der Waals surface area contributed by atoms with E-state index in [0.717, 1.165) is 11.0 Å². The quantitative estimate of drug-likeness (QED) is 0.491. The lowest BCUT2D eigenvalue weighted by Gasteiger charge is -2.13. The molecule has 0 aliphatic carbocycles. The molecule has 0 aromatic carbocycles. The minimum absolute atomic E-state index is 0.0693. The Balaban J connectivity index is 3.73. The second-order valence-corrected chi connectivity index (χ2v) is 2.09. The van der Waals surface area contributed by atoms with E-state index in [1.807, 2.05) is 0 Å². The molecule has 72 valence electrons. The van der Waals surface area contributed by atoms with Gasteiger partial charge in [-0.3, -0.25) is 4.90 Å². The van der Waals surface area contributed by atoms with Gasteiger partial charge in [0.2, 0.25) is 0 Å². The second-order valence-electron chi connectivity index (χ2n) is 2.09. The van der Waals surface area contributed by atoms with Crippen LogP contribution in [0.4, 0.5) is 4.79 Å². The normalized spacial score (nSPS) is 8.62. The predicted octanol–water partition coefficient (Wildman–Crippen LogP) is 0.240. The van der Waals surface area contributed by atoms with Crippen LogP contribution in [-0.2, 0) is 9.53 Å². The molecule has 0 unspecified atom stereocenters. The van der Waals surface area contributed by atoms with E-state index in [0.29, 0.717) is 0 Å². The van der Waals surface area contributed by atoms with Crippen molar-refractivity contribution in [1.29, 1.82) is 0 Å². The van der Waals surface area contributed by atoms with E-state index in [1.165, 1.54) is 6.20 Å². The van der Waals surface area contributed by atoms with E-state index < -0.39 is 12.0 Å². The molecule has 5 nitrogen and oxygen atoms in total. The lowest BCUT2D eigenvalue weighted by Crippen LogP contribution is -2.33. The summed E-state index contributed by atoms with van der Waals surface area (Å²) in [5.41, 5.74) is 4.95. The molecule has 0 fully saturated rings. The van der Waals surface area contributed by atoms with Gasteiger partial charge in [0.15, 0.2) is 0 Å². The van der Waals surface area contributed by atoms with Gasteiger partial charge in [-0.15, -0.1) is 0 Å². The molecule has 0 aliphatic heterocycles. The van der Waals surface area contributed by atoms with Crippen molar-refractivity contribution in [3.63, 3.8) is 0 Å². The molecule has 0 saturated heterocycles. The molecular formula is C8H12N2O3. The Labute approximate surface area is 76.5 Å². The fourth-order valence-corrected chi connectivity index (χ4v) is 0.595. The lowest BCUT2D eigenvalue weighted by atomic mass is 10.5. The number of esters is 1. The molecule has 0 radical (unpaired) electrons. The Bertz CT molecular complexity index is 225. The Hall–Kier alpha value is -1.78. The van der Waals surface area contributed by atoms with E-state index in [-0.39, 0.29) is 13.2 Å². The van der Waals surface area contributed by atoms with Gasteiger partial charge in [0, 0.05) is 12.3 Å². The van der Waals surface area contributed by atoms with Crippen LogP contribution in [0.25, 0.3) is 0 Å². The summed E-state index contributed by atoms with van der Waals surface area (Å²) in [6.07, 6.45) is 2.31. The topological polar surface area (TPSA) is 72.6 Å². The second kappa shape index (κ2) is 5.82. The number of primary amides is 1. The summed E-state index contributed by atoms with van der Waals surface area (Å²) in [6.45, 7) is 6.84. The Morgan fingerprint density at radius 2 is 2.08 bits per heavy atom. The molecule has 0 aromatic heterocycles. The maximum Gasteiger partial charge on any atom is 0.330 e. The average Bonchev–Trinajstić information content (AvgIpc) is 2.11. The van der Waals surface area contributed by atoms with Gasteiger partial charge in [0.25, 0.3) is 0 Å². The number of carbonyl (C=O) groups excluding carboxylic acids is 2. The zero-order valence-corrected chi connectivity index (χ0v) is 7.23. The molecule has 0 saturated carbocycles. The van der Waals surface area contributed by atoms with Crippen LogP contribution >= 0.6 is 0 Å². The summed E-state index contributed by atoms with van der Waals surface area (Å²) in [6, 6.07) is -0.635. The number of urea groups is 1. The van der Waals surface area contributed by atoms with E-state index in [2.05, 4.69) is 17.9 Å². The summed E-state index contributed by atoms with van der Waals surface area (Å²) in [4.78, 5) is 22.3. The van der Waals surface area contributed by atoms with E-state index in [9.17, 15) is 9.59 Å². The van der Waals surface area contributed by atoms with Crippen molar-refractivity contribution in [2.24, 2.45) is 5.73 Å². The van der Waals surface area contributed by atoms with Crippen LogP contribution in [0.3, 0.4) is 0 Å². The molecule has 0 heterocycles. The fraction of sp³-hybridized carbons (Fsp3) is 0.250. The van der Waals surface area contributed by atoms with E-state index in [4.69, 9.17) is 5.73 Å². The number of nitrogens with zero attached hydrogens (tertiary/aromatic N) is 1. The van der Waals surface area contributed by atoms with Crippen LogP contribution in [0.2, 0.25) is 0 Å². The van der Waals surface area contributed by atoms with Crippen LogP contribution in [-0.4, -0.2) is 30.1 Å². The number of nitrogens with two attached hydrogens (primary N) is 1. The minimum atomic E-state index is -0.635. The third-order valence-corrected chi connectivity index (χ3v) is 1.25. The van der Waals surface area contributed by atoms with Gasteiger partial charge in [-0.2, -0.15) is 0 Å². The molecule has 0 aromatic rings. The van der Waals surface area contributed by atoms with Crippen LogP contribution in [0.5, 0.6) is 0 Å². The summed E-state index contributed by atoms with van der Waals surface area (Å²) < 4.78 is 4.62. The fourth-order valence-electron chi connectivity index (χ4n) is 0.595. The summed E-state index contributed by atoms with van der Waals surface area (Å²) in [5, 5.41) is 0. The van der Waals surface area contributed by atoms with Gasteiger partial charge < -0.3 is 10.5 Å². The first-order chi connectivity index (χ1) is 6.11. The average molecular weight is 184 g/mol. The summed E-state index contributed by atoms with van der Waals surface area (Å²) in [7, 11) is 0. The molecular weight excluding hydrogens is 172 g/mol. The highest BCUT2D eigenvalue weighted by atomic mass is 16.5. The molecule has 0 spiro atoms. The monoisotopic (exact) mass is 184 g/mol. The van der Waals surface area contributed by atoms with Gasteiger partial charge in [-0.25, -0.2) is 9.59 Å². The summed E-state index contributed by atoms with van der Waals surface area (Å²) >= 11 is 0. The Kier molecular flexibility index (Phi) is 5.02. The highest BCUT2D eigenvalue weighted by molar-refractivity contribution is 5.81. The van der Waals surface area contributed by atoms with Gasteiger partial charge in [-0.05, 0) is 0 Å². The molecule has 0 aliphatic rings. The molecule has 0 rings (SSSR count). The zero-order chi connectivity index (χ0) is 10.3. The third-order valence-electron chi connectivity index (χ3n) is 1.25. The van der Waals surface area contributed by atoms with Crippen molar-refractivity contribution in [2.45, 2.75) is 0 Å². The Morgan fingerprint density at radius 1 is 1.46 bits per heavy atom. The number of hydrogen-bond acceptors (Lipinski definition) is 3. The first-order valence-electron chi connectivity index (χ1n) is 3.59. The van der Waals surface area contributed by atoms with Gasteiger partial charge in [0.1, 0.15) is 6.61 Å². The van der Waals surface area contributed by atoms with Crippen molar-refractivity contribution in [1.82, 2.24) is 4.90 Å². The van der Waals surface area contributed by atoms with Crippen molar-refractivity contribution in [2.75, 3.05) is 13.2 Å². The van der Waals surface area contributed by atoms with Crippen molar-refractivity contribution >= 4 is 12.0 Å². The molecule has 2 N–H and O–H groups in total. The highest BCUT2D eigenvalue weighted by Crippen LogP contribution is 1.88. The molecule has 13 heavy (non-hydrogen) atoms. The molecule has 0 atom stereocenters. The van der Waals surface area contributed by atoms with Crippen molar-refractivity contribution in [3.05, 3.63) is 25.4 Å². The number of hydrogen-bond donors (Lipinski definition) is 1. The smallest absolute Gasteiger partial charge is 0.330 e. The van der Waals surface area contributed by atoms with E-state index >= 15 is 0 Å². The summed E-state index contributed by atoms with van der Waals surface area (Å²) in [5.74, 6) is -0.534. The standard InChI is InChI=1S/C8H12N2O3/c1-3-7(11)13-6-5-10(4-2)8(9)12/h3-4H,1-2,5-6H2,(H2,9,12). The highest BCUT2D eigenvalue weighted by Gasteiger charge is 2.05.